The molecule has 1 heterocycles. The van der Waals surface area contributed by atoms with E-state index in [4.69, 9.17) is 16.3 Å². The monoisotopic (exact) mass is 373 g/mol. The predicted molar refractivity (Wildman–Crippen MR) is 106 cm³/mol. The third kappa shape index (κ3) is 4.90. The van der Waals surface area contributed by atoms with Crippen LogP contribution < -0.4 is 15.0 Å². The molecular weight excluding hydrogens is 350 g/mol. The topological polar surface area (TPSA) is 44.8 Å². The van der Waals surface area contributed by atoms with Crippen LogP contribution in [0.25, 0.3) is 0 Å². The lowest BCUT2D eigenvalue weighted by atomic mass is 10.2. The van der Waals surface area contributed by atoms with Gasteiger partial charge < -0.3 is 19.9 Å². The largest absolute Gasteiger partial charge is 0.483 e. The Bertz CT molecular complexity index is 756. The molecule has 6 heteroatoms. The minimum Gasteiger partial charge on any atom is -0.483 e. The Labute approximate surface area is 159 Å². The van der Waals surface area contributed by atoms with Crippen LogP contribution in [0.3, 0.4) is 0 Å². The van der Waals surface area contributed by atoms with Crippen LogP contribution >= 0.6 is 11.6 Å². The first-order chi connectivity index (χ1) is 12.5. The lowest BCUT2D eigenvalue weighted by Crippen LogP contribution is -2.44. The van der Waals surface area contributed by atoms with Crippen molar-refractivity contribution in [2.75, 3.05) is 50.1 Å². The highest BCUT2D eigenvalue weighted by Gasteiger charge is 2.14. The summed E-state index contributed by atoms with van der Waals surface area (Å²) in [6.45, 7) is 6.05. The molecule has 0 atom stereocenters. The summed E-state index contributed by atoms with van der Waals surface area (Å²) in [4.78, 5) is 16.8. The summed E-state index contributed by atoms with van der Waals surface area (Å²) in [7, 11) is 2.14. The van der Waals surface area contributed by atoms with E-state index in [1.54, 1.807) is 12.1 Å². The van der Waals surface area contributed by atoms with E-state index >= 15 is 0 Å². The molecule has 138 valence electrons. The fourth-order valence-corrected chi connectivity index (χ4v) is 3.16. The third-order valence-corrected chi connectivity index (χ3v) is 4.75. The number of likely N-dealkylation sites (N-methyl/N-ethyl adjacent to an activating group) is 1. The number of nitrogens with zero attached hydrogens (tertiary/aromatic N) is 2. The average Bonchev–Trinajstić information content (AvgIpc) is 2.62. The summed E-state index contributed by atoms with van der Waals surface area (Å²) in [5.41, 5.74) is 2.86. The first-order valence-corrected chi connectivity index (χ1v) is 9.11. The highest BCUT2D eigenvalue weighted by atomic mass is 35.5. The zero-order chi connectivity index (χ0) is 18.5. The van der Waals surface area contributed by atoms with Crippen molar-refractivity contribution in [2.24, 2.45) is 0 Å². The van der Waals surface area contributed by atoms with E-state index in [1.807, 2.05) is 37.3 Å². The van der Waals surface area contributed by atoms with Crippen molar-refractivity contribution >= 4 is 28.9 Å². The summed E-state index contributed by atoms with van der Waals surface area (Å²) >= 11 is 5.92. The van der Waals surface area contributed by atoms with Crippen molar-refractivity contribution < 1.29 is 9.53 Å². The summed E-state index contributed by atoms with van der Waals surface area (Å²) in [6.07, 6.45) is 0. The maximum atomic E-state index is 12.1. The van der Waals surface area contributed by atoms with Gasteiger partial charge in [0, 0.05) is 42.6 Å². The summed E-state index contributed by atoms with van der Waals surface area (Å²) in [6, 6.07) is 13.3. The number of carbonyl (C=O) groups is 1. The number of ether oxygens (including phenoxy) is 1. The van der Waals surface area contributed by atoms with Gasteiger partial charge in [0.2, 0.25) is 0 Å². The van der Waals surface area contributed by atoms with E-state index < -0.39 is 0 Å². The van der Waals surface area contributed by atoms with Crippen molar-refractivity contribution in [3.05, 3.63) is 53.1 Å². The number of halogens is 1. The lowest BCUT2D eigenvalue weighted by Gasteiger charge is -2.34. The fourth-order valence-electron chi connectivity index (χ4n) is 2.94. The number of carbonyl (C=O) groups excluding carboxylic acids is 1. The second-order valence-corrected chi connectivity index (χ2v) is 7.02. The molecule has 1 saturated heterocycles. The molecule has 0 spiro atoms. The molecule has 0 radical (unpaired) electrons. The Morgan fingerprint density at radius 3 is 2.46 bits per heavy atom. The van der Waals surface area contributed by atoms with Gasteiger partial charge in [-0.05, 0) is 62.0 Å². The number of benzene rings is 2. The van der Waals surface area contributed by atoms with Crippen LogP contribution in [0.5, 0.6) is 5.75 Å². The van der Waals surface area contributed by atoms with Crippen molar-refractivity contribution in [3.63, 3.8) is 0 Å². The standard InChI is InChI=1S/C20H24ClN3O2/c1-15-13-16(21)3-8-19(15)26-14-20(25)22-17-4-6-18(7-5-17)24-11-9-23(2)10-12-24/h3-8,13H,9-12,14H2,1-2H3,(H,22,25). The molecule has 1 fully saturated rings. The normalized spacial score (nSPS) is 15.0. The molecule has 1 amide bonds. The van der Waals surface area contributed by atoms with Crippen LogP contribution in [0.1, 0.15) is 5.56 Å². The maximum Gasteiger partial charge on any atom is 0.262 e. The highest BCUT2D eigenvalue weighted by molar-refractivity contribution is 6.30. The van der Waals surface area contributed by atoms with Crippen molar-refractivity contribution in [2.45, 2.75) is 6.92 Å². The van der Waals surface area contributed by atoms with Crippen LogP contribution in [0.4, 0.5) is 11.4 Å². The molecule has 5 nitrogen and oxygen atoms in total. The number of hydrogen-bond donors (Lipinski definition) is 1. The van der Waals surface area contributed by atoms with E-state index in [0.717, 1.165) is 37.4 Å². The second-order valence-electron chi connectivity index (χ2n) is 6.58. The molecule has 0 aliphatic carbocycles. The van der Waals surface area contributed by atoms with Crippen LogP contribution in [0.2, 0.25) is 5.02 Å². The second kappa shape index (κ2) is 8.43. The van der Waals surface area contributed by atoms with Crippen LogP contribution in [-0.4, -0.2) is 50.6 Å². The number of piperazine rings is 1. The van der Waals surface area contributed by atoms with Crippen LogP contribution in [-0.2, 0) is 4.79 Å². The molecule has 1 aliphatic heterocycles. The van der Waals surface area contributed by atoms with Crippen LogP contribution in [0.15, 0.2) is 42.5 Å². The van der Waals surface area contributed by atoms with Crippen molar-refractivity contribution in [3.8, 4) is 5.75 Å². The van der Waals surface area contributed by atoms with Gasteiger partial charge in [-0.1, -0.05) is 11.6 Å². The molecule has 26 heavy (non-hydrogen) atoms. The van der Waals surface area contributed by atoms with E-state index in [1.165, 1.54) is 5.69 Å². The number of rotatable bonds is 5. The number of anilines is 2. The van der Waals surface area contributed by atoms with Crippen molar-refractivity contribution in [1.29, 1.82) is 0 Å². The first kappa shape index (κ1) is 18.5. The van der Waals surface area contributed by atoms with Gasteiger partial charge in [0.15, 0.2) is 6.61 Å². The zero-order valence-corrected chi connectivity index (χ0v) is 15.9. The molecule has 2 aromatic rings. The number of amides is 1. The number of hydrogen-bond acceptors (Lipinski definition) is 4. The number of nitrogens with one attached hydrogen (secondary N) is 1. The number of aryl methyl sites for hydroxylation is 1. The molecular formula is C20H24ClN3O2. The van der Waals surface area contributed by atoms with E-state index in [0.29, 0.717) is 10.8 Å². The molecule has 0 unspecified atom stereocenters. The molecule has 1 aliphatic rings. The van der Waals surface area contributed by atoms with Gasteiger partial charge in [-0.15, -0.1) is 0 Å². The zero-order valence-electron chi connectivity index (χ0n) is 15.2. The molecule has 3 rings (SSSR count). The van der Waals surface area contributed by atoms with Gasteiger partial charge in [0.25, 0.3) is 5.91 Å². The van der Waals surface area contributed by atoms with Gasteiger partial charge >= 0.3 is 0 Å². The quantitative estimate of drug-likeness (QED) is 0.872. The smallest absolute Gasteiger partial charge is 0.262 e. The molecule has 0 saturated carbocycles. The van der Waals surface area contributed by atoms with Crippen LogP contribution in [0, 0.1) is 6.92 Å². The minimum absolute atomic E-state index is 0.0390. The van der Waals surface area contributed by atoms with Gasteiger partial charge in [-0.2, -0.15) is 0 Å². The first-order valence-electron chi connectivity index (χ1n) is 8.73. The van der Waals surface area contributed by atoms with E-state index in [-0.39, 0.29) is 12.5 Å². The summed E-state index contributed by atoms with van der Waals surface area (Å²) < 4.78 is 5.57. The molecule has 0 bridgehead atoms. The minimum atomic E-state index is -0.188. The third-order valence-electron chi connectivity index (χ3n) is 4.52. The van der Waals surface area contributed by atoms with E-state index in [2.05, 4.69) is 22.2 Å². The van der Waals surface area contributed by atoms with Gasteiger partial charge in [-0.25, -0.2) is 0 Å². The average molecular weight is 374 g/mol. The highest BCUT2D eigenvalue weighted by Crippen LogP contribution is 2.22. The summed E-state index contributed by atoms with van der Waals surface area (Å²) in [5, 5.41) is 3.52. The van der Waals surface area contributed by atoms with Gasteiger partial charge in [0.1, 0.15) is 5.75 Å². The Kier molecular flexibility index (Phi) is 6.01. The van der Waals surface area contributed by atoms with Crippen molar-refractivity contribution in [1.82, 2.24) is 4.90 Å². The Balaban J connectivity index is 1.51. The molecule has 0 aromatic heterocycles. The van der Waals surface area contributed by atoms with Gasteiger partial charge in [-0.3, -0.25) is 4.79 Å². The van der Waals surface area contributed by atoms with E-state index in [9.17, 15) is 4.79 Å². The predicted octanol–water partition coefficient (Wildman–Crippen LogP) is 3.42. The fraction of sp³-hybridized carbons (Fsp3) is 0.350. The Hall–Kier alpha value is -2.24. The molecule has 2 aromatic carbocycles. The SMILES string of the molecule is Cc1cc(Cl)ccc1OCC(=O)Nc1ccc(N2CCN(C)CC2)cc1. The van der Waals surface area contributed by atoms with Gasteiger partial charge in [0.05, 0.1) is 0 Å². The summed E-state index contributed by atoms with van der Waals surface area (Å²) in [5.74, 6) is 0.474. The lowest BCUT2D eigenvalue weighted by molar-refractivity contribution is -0.118. The Morgan fingerprint density at radius 1 is 1.12 bits per heavy atom. The molecule has 1 N–H and O–H groups in total. The Morgan fingerprint density at radius 2 is 1.81 bits per heavy atom. The maximum absolute atomic E-state index is 12.1.